The van der Waals surface area contributed by atoms with Gasteiger partial charge in [-0.2, -0.15) is 0 Å². The molecule has 3 N–H and O–H groups in total. The first-order valence-electron chi connectivity index (χ1n) is 14.0. The average molecular weight is 587 g/mol. The lowest BCUT2D eigenvalue weighted by atomic mass is 9.91. The van der Waals surface area contributed by atoms with Gasteiger partial charge in [0.25, 0.3) is 5.91 Å². The highest BCUT2D eigenvalue weighted by Crippen LogP contribution is 2.33. The Morgan fingerprint density at radius 1 is 1.10 bits per heavy atom. The molecule has 11 heteroatoms. The molecule has 0 radical (unpaired) electrons. The highest BCUT2D eigenvalue weighted by atomic mass is 35.5. The van der Waals surface area contributed by atoms with Gasteiger partial charge < -0.3 is 25.4 Å². The van der Waals surface area contributed by atoms with Crippen molar-refractivity contribution in [3.05, 3.63) is 77.9 Å². The molecule has 42 heavy (non-hydrogen) atoms. The van der Waals surface area contributed by atoms with Crippen LogP contribution in [0.2, 0.25) is 5.02 Å². The Kier molecular flexibility index (Phi) is 9.14. The number of halogens is 1. The first-order chi connectivity index (χ1) is 20.3. The number of rotatable bonds is 9. The van der Waals surface area contributed by atoms with Crippen LogP contribution >= 0.6 is 11.6 Å². The molecular formula is C31H35ClN8O2. The smallest absolute Gasteiger partial charge is 0.270 e. The molecule has 0 aliphatic heterocycles. The number of nitrogens with one attached hydrogen (secondary N) is 3. The minimum absolute atomic E-state index is 0.0170. The number of benzene rings is 1. The van der Waals surface area contributed by atoms with Crippen LogP contribution in [0.4, 0.5) is 11.6 Å². The molecular weight excluding hydrogens is 552 g/mol. The summed E-state index contributed by atoms with van der Waals surface area (Å²) in [6.07, 6.45) is 11.9. The SMILES string of the molecule is CN(C)CC=CC(=O)Nc1ccc(C(=O)NC2CCCC(Nc3ncc(Cl)c(-c4cccc5c4ccn5C)n3)C2)nc1. The van der Waals surface area contributed by atoms with Crippen molar-refractivity contribution in [3.63, 3.8) is 0 Å². The Bertz CT molecular complexity index is 1600. The summed E-state index contributed by atoms with van der Waals surface area (Å²) in [5.74, 6) is 0.0195. The molecule has 3 heterocycles. The van der Waals surface area contributed by atoms with Gasteiger partial charge in [0.2, 0.25) is 11.9 Å². The Labute approximate surface area is 250 Å². The molecule has 0 saturated heterocycles. The Morgan fingerprint density at radius 2 is 1.93 bits per heavy atom. The normalized spacial score (nSPS) is 17.1. The summed E-state index contributed by atoms with van der Waals surface area (Å²) in [7, 11) is 5.87. The second-order valence-electron chi connectivity index (χ2n) is 10.8. The molecule has 1 aromatic carbocycles. The lowest BCUT2D eigenvalue weighted by molar-refractivity contribution is -0.111. The molecule has 1 fully saturated rings. The Morgan fingerprint density at radius 3 is 2.71 bits per heavy atom. The minimum Gasteiger partial charge on any atom is -0.351 e. The van der Waals surface area contributed by atoms with Crippen LogP contribution in [-0.2, 0) is 11.8 Å². The summed E-state index contributed by atoms with van der Waals surface area (Å²) in [5, 5.41) is 10.9. The first-order valence-corrected chi connectivity index (χ1v) is 14.4. The molecule has 2 atom stereocenters. The van der Waals surface area contributed by atoms with Crippen LogP contribution in [-0.4, -0.2) is 69.0 Å². The average Bonchev–Trinajstić information content (AvgIpc) is 3.35. The van der Waals surface area contributed by atoms with Crippen LogP contribution in [0.25, 0.3) is 22.2 Å². The van der Waals surface area contributed by atoms with E-state index >= 15 is 0 Å². The second-order valence-corrected chi connectivity index (χ2v) is 11.2. The number of hydrogen-bond acceptors (Lipinski definition) is 7. The quantitative estimate of drug-likeness (QED) is 0.239. The molecule has 5 rings (SSSR count). The number of amides is 2. The summed E-state index contributed by atoms with van der Waals surface area (Å²) >= 11 is 6.55. The second kappa shape index (κ2) is 13.1. The van der Waals surface area contributed by atoms with Crippen LogP contribution in [0.5, 0.6) is 0 Å². The molecule has 2 unspecified atom stereocenters. The summed E-state index contributed by atoms with van der Waals surface area (Å²) in [5.41, 5.74) is 3.56. The van der Waals surface area contributed by atoms with Gasteiger partial charge >= 0.3 is 0 Å². The van der Waals surface area contributed by atoms with Crippen molar-refractivity contribution < 1.29 is 9.59 Å². The van der Waals surface area contributed by atoms with Gasteiger partial charge in [-0.3, -0.25) is 9.59 Å². The van der Waals surface area contributed by atoms with E-state index in [4.69, 9.17) is 16.6 Å². The first kappa shape index (κ1) is 29.2. The van der Waals surface area contributed by atoms with Crippen molar-refractivity contribution in [3.8, 4) is 11.3 Å². The highest BCUT2D eigenvalue weighted by molar-refractivity contribution is 6.33. The zero-order valence-corrected chi connectivity index (χ0v) is 24.7. The van der Waals surface area contributed by atoms with Gasteiger partial charge in [-0.05, 0) is 64.0 Å². The van der Waals surface area contributed by atoms with Gasteiger partial charge in [-0.15, -0.1) is 0 Å². The van der Waals surface area contributed by atoms with E-state index in [1.807, 2.05) is 44.4 Å². The number of carbonyl (C=O) groups excluding carboxylic acids is 2. The summed E-state index contributed by atoms with van der Waals surface area (Å²) in [6.45, 7) is 0.668. The summed E-state index contributed by atoms with van der Waals surface area (Å²) in [4.78, 5) is 40.4. The van der Waals surface area contributed by atoms with E-state index in [1.54, 1.807) is 24.4 Å². The number of likely N-dealkylation sites (N-methyl/N-ethyl adjacent to an activating group) is 1. The van der Waals surface area contributed by atoms with Crippen LogP contribution in [0.15, 0.2) is 67.1 Å². The third-order valence-corrected chi connectivity index (χ3v) is 7.55. The fourth-order valence-electron chi connectivity index (χ4n) is 5.18. The molecule has 10 nitrogen and oxygen atoms in total. The molecule has 0 spiro atoms. The number of nitrogens with zero attached hydrogens (tertiary/aromatic N) is 5. The summed E-state index contributed by atoms with van der Waals surface area (Å²) in [6, 6.07) is 11.5. The van der Waals surface area contributed by atoms with Gasteiger partial charge in [-0.25, -0.2) is 15.0 Å². The van der Waals surface area contributed by atoms with Crippen molar-refractivity contribution in [2.24, 2.45) is 7.05 Å². The molecule has 2 amide bonds. The monoisotopic (exact) mass is 586 g/mol. The number of aromatic nitrogens is 4. The van der Waals surface area contributed by atoms with E-state index in [-0.39, 0.29) is 23.9 Å². The fourth-order valence-corrected chi connectivity index (χ4v) is 5.38. The predicted octanol–water partition coefficient (Wildman–Crippen LogP) is 4.89. The molecule has 1 aliphatic rings. The molecule has 1 aliphatic carbocycles. The third-order valence-electron chi connectivity index (χ3n) is 7.27. The van der Waals surface area contributed by atoms with E-state index in [2.05, 4.69) is 42.6 Å². The topological polar surface area (TPSA) is 117 Å². The van der Waals surface area contributed by atoms with E-state index in [0.29, 0.717) is 34.6 Å². The van der Waals surface area contributed by atoms with Crippen LogP contribution in [0, 0.1) is 0 Å². The Hall–Kier alpha value is -4.28. The molecule has 1 saturated carbocycles. The third kappa shape index (κ3) is 7.13. The molecule has 4 aromatic rings. The lowest BCUT2D eigenvalue weighted by Crippen LogP contribution is -2.42. The molecule has 3 aromatic heterocycles. The van der Waals surface area contributed by atoms with E-state index in [0.717, 1.165) is 42.1 Å². The summed E-state index contributed by atoms with van der Waals surface area (Å²) < 4.78 is 2.07. The van der Waals surface area contributed by atoms with Crippen LogP contribution in [0.3, 0.4) is 0 Å². The van der Waals surface area contributed by atoms with Gasteiger partial charge in [0.15, 0.2) is 0 Å². The van der Waals surface area contributed by atoms with E-state index < -0.39 is 0 Å². The van der Waals surface area contributed by atoms with E-state index in [9.17, 15) is 9.59 Å². The highest BCUT2D eigenvalue weighted by Gasteiger charge is 2.25. The van der Waals surface area contributed by atoms with Gasteiger partial charge in [0.05, 0.1) is 28.8 Å². The van der Waals surface area contributed by atoms with Crippen molar-refractivity contribution in [2.45, 2.75) is 37.8 Å². The minimum atomic E-state index is -0.245. The van der Waals surface area contributed by atoms with Crippen molar-refractivity contribution in [2.75, 3.05) is 31.3 Å². The number of anilines is 2. The zero-order chi connectivity index (χ0) is 29.6. The largest absolute Gasteiger partial charge is 0.351 e. The van der Waals surface area contributed by atoms with E-state index in [1.165, 1.54) is 12.3 Å². The number of fused-ring (bicyclic) bond motifs is 1. The standard InChI is InChI=1S/C31H35ClN8O2/c1-39(2)15-6-11-28(41)35-22-12-13-26(33-18-22)30(42)36-20-7-4-8-21(17-20)37-31-34-19-25(32)29(38-31)24-9-5-10-27-23(24)14-16-40(27)3/h5-6,9-14,16,18-21H,4,7-8,15,17H2,1-3H3,(H,35,41)(H,36,42)(H,34,37,38). The van der Waals surface area contributed by atoms with Gasteiger partial charge in [-0.1, -0.05) is 29.8 Å². The molecule has 0 bridgehead atoms. The maximum atomic E-state index is 12.9. The predicted molar refractivity (Wildman–Crippen MR) is 167 cm³/mol. The van der Waals surface area contributed by atoms with Gasteiger partial charge in [0.1, 0.15) is 5.69 Å². The number of aryl methyl sites for hydroxylation is 1. The number of hydrogen-bond donors (Lipinski definition) is 3. The zero-order valence-electron chi connectivity index (χ0n) is 24.0. The van der Waals surface area contributed by atoms with Crippen molar-refractivity contribution in [1.82, 2.24) is 29.7 Å². The van der Waals surface area contributed by atoms with Crippen molar-refractivity contribution >= 4 is 46.0 Å². The number of pyridine rings is 1. The number of carbonyl (C=O) groups is 2. The maximum absolute atomic E-state index is 12.9. The van der Waals surface area contributed by atoms with Gasteiger partial charge in [0, 0.05) is 54.4 Å². The van der Waals surface area contributed by atoms with Crippen LogP contribution < -0.4 is 16.0 Å². The molecule has 218 valence electrons. The fraction of sp³-hybridized carbons (Fsp3) is 0.323. The lowest BCUT2D eigenvalue weighted by Gasteiger charge is -2.30. The maximum Gasteiger partial charge on any atom is 0.270 e. The Balaban J connectivity index is 1.19. The van der Waals surface area contributed by atoms with Crippen molar-refractivity contribution in [1.29, 1.82) is 0 Å². The van der Waals surface area contributed by atoms with Crippen LogP contribution in [0.1, 0.15) is 36.2 Å².